The molecule has 7 nitrogen and oxygen atoms in total. The molecule has 2 aromatic heterocycles. The first-order valence-corrected chi connectivity index (χ1v) is 9.69. The van der Waals surface area contributed by atoms with E-state index in [2.05, 4.69) is 10.3 Å². The van der Waals surface area contributed by atoms with E-state index < -0.39 is 0 Å². The number of ether oxygens (including phenoxy) is 1. The maximum absolute atomic E-state index is 12.8. The Labute approximate surface area is 170 Å². The number of rotatable bonds is 7. The average molecular weight is 394 g/mol. The molecule has 2 amide bonds. The number of carbonyl (C=O) groups excluding carboxylic acids is 2. The van der Waals surface area contributed by atoms with Crippen molar-refractivity contribution >= 4 is 23.3 Å². The zero-order chi connectivity index (χ0) is 21.0. The Morgan fingerprint density at radius 3 is 2.59 bits per heavy atom. The molecule has 0 aliphatic heterocycles. The maximum atomic E-state index is 12.8. The van der Waals surface area contributed by atoms with Crippen molar-refractivity contribution in [2.75, 3.05) is 18.6 Å². The number of benzene rings is 1. The number of pyridine rings is 1. The Morgan fingerprint density at radius 2 is 1.93 bits per heavy atom. The summed E-state index contributed by atoms with van der Waals surface area (Å²) in [6.07, 6.45) is 2.43. The molecule has 1 N–H and O–H groups in total. The number of imidazole rings is 1. The quantitative estimate of drug-likeness (QED) is 0.668. The molecule has 0 unspecified atom stereocenters. The van der Waals surface area contributed by atoms with Crippen LogP contribution in [0.1, 0.15) is 42.4 Å². The number of anilines is 1. The highest BCUT2D eigenvalue weighted by Gasteiger charge is 2.20. The molecule has 152 valence electrons. The summed E-state index contributed by atoms with van der Waals surface area (Å²) < 4.78 is 7.15. The number of hydrogen-bond acceptors (Lipinski definition) is 4. The number of carbonyl (C=O) groups is 2. The summed E-state index contributed by atoms with van der Waals surface area (Å²) in [6, 6.07) is 11.1. The fourth-order valence-corrected chi connectivity index (χ4v) is 3.39. The van der Waals surface area contributed by atoms with Gasteiger partial charge in [-0.1, -0.05) is 25.1 Å². The Morgan fingerprint density at radius 1 is 1.17 bits per heavy atom. The maximum Gasteiger partial charge on any atom is 0.253 e. The number of hydrogen-bond donors (Lipinski definition) is 1. The van der Waals surface area contributed by atoms with Crippen molar-refractivity contribution in [1.29, 1.82) is 0 Å². The van der Waals surface area contributed by atoms with Gasteiger partial charge in [-0.2, -0.15) is 0 Å². The number of fused-ring (bicyclic) bond motifs is 1. The molecular formula is C22H26N4O3. The van der Waals surface area contributed by atoms with E-state index in [9.17, 15) is 9.59 Å². The zero-order valence-corrected chi connectivity index (χ0v) is 17.2. The third-order valence-corrected chi connectivity index (χ3v) is 4.84. The minimum Gasteiger partial charge on any atom is -0.496 e. The van der Waals surface area contributed by atoms with Crippen molar-refractivity contribution in [3.8, 4) is 5.75 Å². The van der Waals surface area contributed by atoms with E-state index in [0.29, 0.717) is 30.7 Å². The van der Waals surface area contributed by atoms with E-state index in [1.807, 2.05) is 42.5 Å². The van der Waals surface area contributed by atoms with Gasteiger partial charge in [0.15, 0.2) is 0 Å². The highest BCUT2D eigenvalue weighted by molar-refractivity contribution is 5.95. The SMILES string of the molecule is CCc1nc2ccc(C(=O)NCc3ccccc3OC)cn2c1N(CC)C(C)=O. The van der Waals surface area contributed by atoms with Crippen LogP contribution >= 0.6 is 0 Å². The van der Waals surface area contributed by atoms with Crippen LogP contribution < -0.4 is 15.0 Å². The highest BCUT2D eigenvalue weighted by atomic mass is 16.5. The number of nitrogens with one attached hydrogen (secondary N) is 1. The van der Waals surface area contributed by atoms with Crippen molar-refractivity contribution in [2.45, 2.75) is 33.7 Å². The van der Waals surface area contributed by atoms with Gasteiger partial charge in [-0.05, 0) is 31.5 Å². The highest BCUT2D eigenvalue weighted by Crippen LogP contribution is 2.24. The largest absolute Gasteiger partial charge is 0.496 e. The summed E-state index contributed by atoms with van der Waals surface area (Å²) in [6.45, 7) is 6.34. The van der Waals surface area contributed by atoms with Gasteiger partial charge in [0, 0.05) is 31.8 Å². The average Bonchev–Trinajstić information content (AvgIpc) is 3.10. The lowest BCUT2D eigenvalue weighted by atomic mass is 10.2. The Bertz CT molecular complexity index is 1040. The molecule has 0 fully saturated rings. The van der Waals surface area contributed by atoms with Crippen molar-refractivity contribution in [3.05, 3.63) is 59.4 Å². The van der Waals surface area contributed by atoms with Gasteiger partial charge in [-0.25, -0.2) is 4.98 Å². The third-order valence-electron chi connectivity index (χ3n) is 4.84. The molecule has 0 aliphatic carbocycles. The topological polar surface area (TPSA) is 75.9 Å². The molecule has 0 atom stereocenters. The smallest absolute Gasteiger partial charge is 0.253 e. The molecule has 0 saturated carbocycles. The van der Waals surface area contributed by atoms with Gasteiger partial charge in [0.25, 0.3) is 5.91 Å². The summed E-state index contributed by atoms with van der Waals surface area (Å²) in [5.41, 5.74) is 2.93. The molecule has 7 heteroatoms. The van der Waals surface area contributed by atoms with E-state index in [1.165, 1.54) is 6.92 Å². The first-order chi connectivity index (χ1) is 14.0. The van der Waals surface area contributed by atoms with Gasteiger partial charge in [0.2, 0.25) is 5.91 Å². The van der Waals surface area contributed by atoms with Crippen LogP contribution in [-0.4, -0.2) is 34.9 Å². The molecule has 0 radical (unpaired) electrons. The van der Waals surface area contributed by atoms with Crippen LogP contribution in [0, 0.1) is 0 Å². The predicted octanol–water partition coefficient (Wildman–Crippen LogP) is 3.21. The van der Waals surface area contributed by atoms with E-state index in [0.717, 1.165) is 22.8 Å². The zero-order valence-electron chi connectivity index (χ0n) is 17.2. The van der Waals surface area contributed by atoms with E-state index >= 15 is 0 Å². The monoisotopic (exact) mass is 394 g/mol. The number of aryl methyl sites for hydroxylation is 1. The second-order valence-corrected chi connectivity index (χ2v) is 6.64. The van der Waals surface area contributed by atoms with Gasteiger partial charge >= 0.3 is 0 Å². The summed E-state index contributed by atoms with van der Waals surface area (Å²) in [5.74, 6) is 1.18. The fraction of sp³-hybridized carbons (Fsp3) is 0.318. The molecule has 0 bridgehead atoms. The van der Waals surface area contributed by atoms with Crippen LogP contribution in [-0.2, 0) is 17.8 Å². The second kappa shape index (κ2) is 8.77. The summed E-state index contributed by atoms with van der Waals surface area (Å²) >= 11 is 0. The Kier molecular flexibility index (Phi) is 6.16. The second-order valence-electron chi connectivity index (χ2n) is 6.64. The Balaban J connectivity index is 1.92. The van der Waals surface area contributed by atoms with Crippen molar-refractivity contribution in [2.24, 2.45) is 0 Å². The first-order valence-electron chi connectivity index (χ1n) is 9.69. The molecule has 2 heterocycles. The molecule has 0 saturated heterocycles. The van der Waals surface area contributed by atoms with Crippen LogP contribution in [0.5, 0.6) is 5.75 Å². The van der Waals surface area contributed by atoms with Crippen LogP contribution in [0.4, 0.5) is 5.82 Å². The lowest BCUT2D eigenvalue weighted by molar-refractivity contribution is -0.116. The van der Waals surface area contributed by atoms with Gasteiger partial charge in [-0.15, -0.1) is 0 Å². The van der Waals surface area contributed by atoms with Gasteiger partial charge in [-0.3, -0.25) is 18.9 Å². The first kappa shape index (κ1) is 20.4. The van der Waals surface area contributed by atoms with Gasteiger partial charge < -0.3 is 10.1 Å². The number of para-hydroxylation sites is 1. The van der Waals surface area contributed by atoms with E-state index in [4.69, 9.17) is 4.74 Å². The number of amides is 2. The molecule has 3 rings (SSSR count). The van der Waals surface area contributed by atoms with E-state index in [1.54, 1.807) is 30.3 Å². The molecule has 0 aliphatic rings. The molecule has 3 aromatic rings. The van der Waals surface area contributed by atoms with Gasteiger partial charge in [0.05, 0.1) is 18.4 Å². The lowest BCUT2D eigenvalue weighted by Gasteiger charge is -2.20. The number of methoxy groups -OCH3 is 1. The molecule has 29 heavy (non-hydrogen) atoms. The normalized spacial score (nSPS) is 10.8. The predicted molar refractivity (Wildman–Crippen MR) is 112 cm³/mol. The van der Waals surface area contributed by atoms with E-state index in [-0.39, 0.29) is 11.8 Å². The minimum atomic E-state index is -0.207. The van der Waals surface area contributed by atoms with Crippen LogP contribution in [0.3, 0.4) is 0 Å². The van der Waals surface area contributed by atoms with Crippen LogP contribution in [0.15, 0.2) is 42.6 Å². The van der Waals surface area contributed by atoms with Crippen LogP contribution in [0.25, 0.3) is 5.65 Å². The van der Waals surface area contributed by atoms with Crippen molar-refractivity contribution in [3.63, 3.8) is 0 Å². The van der Waals surface area contributed by atoms with Crippen molar-refractivity contribution < 1.29 is 14.3 Å². The number of aromatic nitrogens is 2. The standard InChI is InChI=1S/C22H26N4O3/c1-5-18-22(25(6-2)15(3)27)26-14-17(11-12-20(26)24-18)21(28)23-13-16-9-7-8-10-19(16)29-4/h7-12,14H,5-6,13H2,1-4H3,(H,23,28). The van der Waals surface area contributed by atoms with Crippen LogP contribution in [0.2, 0.25) is 0 Å². The number of nitrogens with zero attached hydrogens (tertiary/aromatic N) is 3. The minimum absolute atomic E-state index is 0.0602. The Hall–Kier alpha value is -3.35. The summed E-state index contributed by atoms with van der Waals surface area (Å²) in [4.78, 5) is 31.2. The summed E-state index contributed by atoms with van der Waals surface area (Å²) in [5, 5.41) is 2.93. The third kappa shape index (κ3) is 4.08. The van der Waals surface area contributed by atoms with Crippen molar-refractivity contribution in [1.82, 2.24) is 14.7 Å². The van der Waals surface area contributed by atoms with Gasteiger partial charge in [0.1, 0.15) is 17.2 Å². The fourth-order valence-electron chi connectivity index (χ4n) is 3.39. The summed E-state index contributed by atoms with van der Waals surface area (Å²) in [7, 11) is 1.61. The lowest BCUT2D eigenvalue weighted by Crippen LogP contribution is -2.30. The molecular weight excluding hydrogens is 368 g/mol. The molecule has 0 spiro atoms. The molecule has 1 aromatic carbocycles.